The van der Waals surface area contributed by atoms with Crippen LogP contribution in [-0.2, 0) is 20.1 Å². The minimum absolute atomic E-state index is 0. The number of fused-ring (bicyclic) bond motifs is 5. The van der Waals surface area contributed by atoms with Crippen LogP contribution in [0.25, 0.3) is 44.8 Å². The van der Waals surface area contributed by atoms with Gasteiger partial charge in [-0.05, 0) is 46.3 Å². The molecule has 185 valence electrons. The average Bonchev–Trinajstić information content (AvgIpc) is 3.13. The third kappa shape index (κ3) is 5.53. The number of aromatic nitrogens is 2. The van der Waals surface area contributed by atoms with E-state index in [1.807, 2.05) is 78.6 Å². The van der Waals surface area contributed by atoms with Crippen LogP contribution in [0, 0.1) is 12.1 Å². The summed E-state index contributed by atoms with van der Waals surface area (Å²) in [6.45, 7) is 0. The van der Waals surface area contributed by atoms with Gasteiger partial charge in [0.2, 0.25) is 0 Å². The van der Waals surface area contributed by atoms with Crippen molar-refractivity contribution in [3.8, 4) is 44.8 Å². The fourth-order valence-electron chi connectivity index (χ4n) is 4.37. The van der Waals surface area contributed by atoms with Gasteiger partial charge in [0.1, 0.15) is 0 Å². The summed E-state index contributed by atoms with van der Waals surface area (Å²) < 4.78 is 0. The predicted octanol–water partition coefficient (Wildman–Crippen LogP) is 8.89. The first-order valence-electron chi connectivity index (χ1n) is 12.1. The molecular weight excluding hydrogens is 661 g/mol. The molecule has 0 fully saturated rings. The predicted molar refractivity (Wildman–Crippen MR) is 152 cm³/mol. The van der Waals surface area contributed by atoms with Gasteiger partial charge in [-0.3, -0.25) is 0 Å². The summed E-state index contributed by atoms with van der Waals surface area (Å²) in [6, 6.07) is 47.8. The van der Waals surface area contributed by atoms with Gasteiger partial charge >= 0.3 is 0 Å². The van der Waals surface area contributed by atoms with Crippen LogP contribution in [0.1, 0.15) is 0 Å². The summed E-state index contributed by atoms with van der Waals surface area (Å²) in [5, 5.41) is 0. The van der Waals surface area contributed by atoms with Gasteiger partial charge in [0.15, 0.2) is 0 Å². The van der Waals surface area contributed by atoms with Gasteiger partial charge in [0, 0.05) is 37.4 Å². The van der Waals surface area contributed by atoms with Crippen molar-refractivity contribution in [1.29, 1.82) is 0 Å². The van der Waals surface area contributed by atoms with E-state index in [1.165, 1.54) is 32.0 Å². The maximum absolute atomic E-state index is 4.48. The standard InChI is InChI=1S/C23H14NS.C11H8N.Ir/c1-2-8-18-17(7-1)19-9-3-4-11-22(19)25-23-13-12-16(15-20(18)23)21-10-5-6-14-24-21;1-2-6-10(7-3-1)11-8-4-5-9-12-11;/h1-11,13-15H;1-6,8-9H;/q2*-1;. The Morgan fingerprint density at radius 2 is 1.11 bits per heavy atom. The first-order chi connectivity index (χ1) is 18.4. The molecule has 0 atom stereocenters. The van der Waals surface area contributed by atoms with Crippen LogP contribution in [0.3, 0.4) is 0 Å². The largest absolute Gasteiger partial charge is 0.305 e. The van der Waals surface area contributed by atoms with Crippen LogP contribution < -0.4 is 0 Å². The molecule has 0 spiro atoms. The van der Waals surface area contributed by atoms with Gasteiger partial charge in [-0.25, -0.2) is 0 Å². The third-order valence-corrected chi connectivity index (χ3v) is 7.25. The summed E-state index contributed by atoms with van der Waals surface area (Å²) in [5.41, 5.74) is 9.07. The molecule has 0 bridgehead atoms. The van der Waals surface area contributed by atoms with E-state index in [-0.39, 0.29) is 20.1 Å². The Labute approximate surface area is 241 Å². The Morgan fingerprint density at radius 3 is 1.76 bits per heavy atom. The van der Waals surface area contributed by atoms with Crippen molar-refractivity contribution in [2.45, 2.75) is 9.79 Å². The van der Waals surface area contributed by atoms with Gasteiger partial charge < -0.3 is 9.97 Å². The van der Waals surface area contributed by atoms with Crippen molar-refractivity contribution < 1.29 is 20.1 Å². The van der Waals surface area contributed by atoms with E-state index >= 15 is 0 Å². The van der Waals surface area contributed by atoms with Gasteiger partial charge in [-0.15, -0.1) is 71.4 Å². The Morgan fingerprint density at radius 1 is 0.500 bits per heavy atom. The van der Waals surface area contributed by atoms with E-state index in [4.69, 9.17) is 0 Å². The fourth-order valence-corrected chi connectivity index (χ4v) is 5.44. The van der Waals surface area contributed by atoms with Crippen molar-refractivity contribution in [2.75, 3.05) is 0 Å². The third-order valence-electron chi connectivity index (χ3n) is 6.12. The van der Waals surface area contributed by atoms with Crippen LogP contribution in [0.4, 0.5) is 0 Å². The van der Waals surface area contributed by atoms with E-state index in [2.05, 4.69) is 82.8 Å². The number of hydrogen-bond acceptors (Lipinski definition) is 3. The van der Waals surface area contributed by atoms with E-state index in [1.54, 1.807) is 6.20 Å². The number of nitrogens with zero attached hydrogens (tertiary/aromatic N) is 2. The van der Waals surface area contributed by atoms with E-state index < -0.39 is 0 Å². The molecule has 1 aliphatic heterocycles. The normalized spacial score (nSPS) is 10.8. The first-order valence-corrected chi connectivity index (χ1v) is 12.9. The maximum atomic E-state index is 4.48. The number of hydrogen-bond donors (Lipinski definition) is 0. The van der Waals surface area contributed by atoms with Crippen LogP contribution in [0.2, 0.25) is 0 Å². The summed E-state index contributed by atoms with van der Waals surface area (Å²) in [7, 11) is 0. The average molecular weight is 683 g/mol. The van der Waals surface area contributed by atoms with Crippen molar-refractivity contribution in [2.24, 2.45) is 0 Å². The minimum Gasteiger partial charge on any atom is -0.305 e. The van der Waals surface area contributed by atoms with E-state index in [0.717, 1.165) is 22.5 Å². The molecule has 6 aromatic rings. The SMILES string of the molecule is [Ir].[c-]1cc2c(cc1-c1ccccn1)-c1ccccc1-c1ccccc1S2.[c-]1ccccc1-c1ccccn1. The molecule has 0 N–H and O–H groups in total. The zero-order valence-electron chi connectivity index (χ0n) is 20.3. The Kier molecular flexibility index (Phi) is 8.25. The number of rotatable bonds is 2. The van der Waals surface area contributed by atoms with Crippen LogP contribution >= 0.6 is 11.8 Å². The summed E-state index contributed by atoms with van der Waals surface area (Å²) in [6.07, 6.45) is 3.61. The summed E-state index contributed by atoms with van der Waals surface area (Å²) in [4.78, 5) is 11.2. The van der Waals surface area contributed by atoms with Crippen molar-refractivity contribution in [3.05, 3.63) is 146 Å². The molecule has 4 aromatic carbocycles. The molecule has 0 unspecified atom stereocenters. The molecule has 38 heavy (non-hydrogen) atoms. The van der Waals surface area contributed by atoms with Crippen LogP contribution in [0.5, 0.6) is 0 Å². The van der Waals surface area contributed by atoms with Gasteiger partial charge in [0.25, 0.3) is 0 Å². The molecule has 2 nitrogen and oxygen atoms in total. The molecular formula is C34H22IrN2S-2. The smallest absolute Gasteiger partial charge is 0.0160 e. The molecule has 1 aliphatic rings. The molecule has 0 aliphatic carbocycles. The second-order valence-corrected chi connectivity index (χ2v) is 9.56. The quantitative estimate of drug-likeness (QED) is 0.171. The zero-order valence-corrected chi connectivity index (χ0v) is 23.5. The number of pyridine rings is 2. The molecule has 1 radical (unpaired) electrons. The van der Waals surface area contributed by atoms with Crippen molar-refractivity contribution in [1.82, 2.24) is 9.97 Å². The van der Waals surface area contributed by atoms with E-state index in [0.29, 0.717) is 0 Å². The minimum atomic E-state index is 0. The molecule has 7 rings (SSSR count). The van der Waals surface area contributed by atoms with Crippen molar-refractivity contribution >= 4 is 11.8 Å². The Bertz CT molecular complexity index is 1600. The van der Waals surface area contributed by atoms with Crippen LogP contribution in [0.15, 0.2) is 144 Å². The second-order valence-electron chi connectivity index (χ2n) is 8.47. The molecule has 0 saturated carbocycles. The first kappa shape index (κ1) is 25.8. The molecule has 4 heteroatoms. The monoisotopic (exact) mass is 683 g/mol. The fraction of sp³-hybridized carbons (Fsp3) is 0. The van der Waals surface area contributed by atoms with Gasteiger partial charge in [-0.2, -0.15) is 0 Å². The van der Waals surface area contributed by atoms with Gasteiger partial charge in [-0.1, -0.05) is 77.2 Å². The Balaban J connectivity index is 0.000000191. The van der Waals surface area contributed by atoms with Gasteiger partial charge in [0.05, 0.1) is 0 Å². The Hall–Kier alpha value is -3.82. The second kappa shape index (κ2) is 12.1. The van der Waals surface area contributed by atoms with Crippen LogP contribution in [-0.4, -0.2) is 9.97 Å². The molecule has 3 heterocycles. The van der Waals surface area contributed by atoms with E-state index in [9.17, 15) is 0 Å². The molecule has 2 aromatic heterocycles. The maximum Gasteiger partial charge on any atom is 0.0160 e. The topological polar surface area (TPSA) is 25.8 Å². The number of benzene rings is 4. The van der Waals surface area contributed by atoms with Crippen molar-refractivity contribution in [3.63, 3.8) is 0 Å². The molecule has 0 saturated heterocycles. The zero-order chi connectivity index (χ0) is 24.9. The summed E-state index contributed by atoms with van der Waals surface area (Å²) in [5.74, 6) is 0. The molecule has 0 amide bonds. The summed E-state index contributed by atoms with van der Waals surface area (Å²) >= 11 is 1.81.